The normalized spacial score (nSPS) is 18.0. The van der Waals surface area contributed by atoms with Gasteiger partial charge in [-0.15, -0.1) is 0 Å². The molecule has 1 N–H and O–H groups in total. The van der Waals surface area contributed by atoms with Gasteiger partial charge in [-0.05, 0) is 66.0 Å². The highest BCUT2D eigenvalue weighted by molar-refractivity contribution is 9.10. The minimum Gasteiger partial charge on any atom is -0.437 e. The van der Waals surface area contributed by atoms with Crippen LogP contribution in [0.5, 0.6) is 11.6 Å². The van der Waals surface area contributed by atoms with Gasteiger partial charge in [0, 0.05) is 12.8 Å². The van der Waals surface area contributed by atoms with E-state index in [0.717, 1.165) is 19.4 Å². The van der Waals surface area contributed by atoms with Crippen molar-refractivity contribution in [2.75, 3.05) is 6.61 Å². The predicted octanol–water partition coefficient (Wildman–Crippen LogP) is 4.07. The average Bonchev–Trinajstić information content (AvgIpc) is 3.12. The lowest BCUT2D eigenvalue weighted by atomic mass is 10.1. The van der Waals surface area contributed by atoms with Gasteiger partial charge in [-0.3, -0.25) is 4.79 Å². The molecule has 1 aromatic carbocycles. The molecule has 1 aliphatic rings. The molecule has 0 radical (unpaired) electrons. The van der Waals surface area contributed by atoms with Gasteiger partial charge in [0.2, 0.25) is 5.88 Å². The first-order chi connectivity index (χ1) is 12.0. The van der Waals surface area contributed by atoms with E-state index in [1.165, 1.54) is 24.4 Å². The van der Waals surface area contributed by atoms with E-state index in [1.54, 1.807) is 12.1 Å². The molecule has 1 aliphatic heterocycles. The van der Waals surface area contributed by atoms with Crippen LogP contribution < -0.4 is 10.1 Å². The summed E-state index contributed by atoms with van der Waals surface area (Å²) in [7, 11) is 0. The van der Waals surface area contributed by atoms with Gasteiger partial charge in [0.1, 0.15) is 17.1 Å². The number of benzene rings is 1. The van der Waals surface area contributed by atoms with Crippen molar-refractivity contribution in [1.29, 1.82) is 0 Å². The second-order valence-electron chi connectivity index (χ2n) is 5.85. The summed E-state index contributed by atoms with van der Waals surface area (Å²) in [5.74, 6) is -0.138. The molecule has 1 amide bonds. The van der Waals surface area contributed by atoms with Crippen molar-refractivity contribution in [3.05, 3.63) is 52.4 Å². The fourth-order valence-electron chi connectivity index (χ4n) is 2.68. The predicted molar refractivity (Wildman–Crippen MR) is 94.3 cm³/mol. The summed E-state index contributed by atoms with van der Waals surface area (Å²) in [5.41, 5.74) is 0.309. The van der Waals surface area contributed by atoms with Crippen LogP contribution in [0.4, 0.5) is 4.39 Å². The molecule has 2 atom stereocenters. The number of carbonyl (C=O) groups is 1. The summed E-state index contributed by atoms with van der Waals surface area (Å²) in [5, 5.41) is 2.93. The van der Waals surface area contributed by atoms with Gasteiger partial charge in [-0.2, -0.15) is 0 Å². The number of hydrogen-bond donors (Lipinski definition) is 1. The Morgan fingerprint density at radius 3 is 3.04 bits per heavy atom. The highest BCUT2D eigenvalue weighted by Crippen LogP contribution is 2.30. The Morgan fingerprint density at radius 2 is 2.32 bits per heavy atom. The molecule has 2 heterocycles. The van der Waals surface area contributed by atoms with Gasteiger partial charge in [0.05, 0.1) is 16.6 Å². The molecule has 7 heteroatoms. The van der Waals surface area contributed by atoms with Crippen LogP contribution in [-0.2, 0) is 4.74 Å². The molecular weight excluding hydrogens is 391 g/mol. The zero-order valence-corrected chi connectivity index (χ0v) is 15.3. The lowest BCUT2D eigenvalue weighted by Gasteiger charge is -2.20. The Hall–Kier alpha value is -1.99. The second kappa shape index (κ2) is 7.93. The number of carbonyl (C=O) groups excluding carboxylic acids is 1. The number of rotatable bonds is 5. The fourth-order valence-corrected chi connectivity index (χ4v) is 3.11. The van der Waals surface area contributed by atoms with Gasteiger partial charge in [-0.25, -0.2) is 9.37 Å². The number of pyridine rings is 1. The van der Waals surface area contributed by atoms with Crippen molar-refractivity contribution in [3.63, 3.8) is 0 Å². The quantitative estimate of drug-likeness (QED) is 0.809. The summed E-state index contributed by atoms with van der Waals surface area (Å²) in [6.07, 6.45) is 3.49. The molecule has 0 unspecified atom stereocenters. The molecule has 1 aromatic heterocycles. The Kier molecular flexibility index (Phi) is 5.65. The third-order valence-electron chi connectivity index (χ3n) is 4.00. The largest absolute Gasteiger partial charge is 0.437 e. The molecular formula is C18H18BrFN2O3. The number of nitrogens with one attached hydrogen (secondary N) is 1. The summed E-state index contributed by atoms with van der Waals surface area (Å²) in [6.45, 7) is 2.64. The van der Waals surface area contributed by atoms with Gasteiger partial charge in [0.15, 0.2) is 0 Å². The molecule has 0 saturated carbocycles. The van der Waals surface area contributed by atoms with Crippen LogP contribution in [-0.4, -0.2) is 29.6 Å². The molecule has 0 bridgehead atoms. The van der Waals surface area contributed by atoms with Crippen molar-refractivity contribution < 1.29 is 18.7 Å². The molecule has 0 aliphatic carbocycles. The lowest BCUT2D eigenvalue weighted by Crippen LogP contribution is -2.40. The van der Waals surface area contributed by atoms with Crippen molar-refractivity contribution in [3.8, 4) is 11.6 Å². The molecule has 25 heavy (non-hydrogen) atoms. The molecule has 3 rings (SSSR count). The highest BCUT2D eigenvalue weighted by atomic mass is 79.9. The van der Waals surface area contributed by atoms with Gasteiger partial charge >= 0.3 is 0 Å². The molecule has 2 aromatic rings. The number of nitrogens with zero attached hydrogens (tertiary/aromatic N) is 1. The van der Waals surface area contributed by atoms with Crippen LogP contribution in [0.15, 0.2) is 41.0 Å². The van der Waals surface area contributed by atoms with Crippen molar-refractivity contribution in [1.82, 2.24) is 10.3 Å². The SMILES string of the molecule is C[C@@H](NC(=O)c1cccnc1Oc1ccc(F)cc1Br)[C@H]1CCCO1. The van der Waals surface area contributed by atoms with Gasteiger partial charge in [-0.1, -0.05) is 0 Å². The fraction of sp³-hybridized carbons (Fsp3) is 0.333. The summed E-state index contributed by atoms with van der Waals surface area (Å²) >= 11 is 3.24. The highest BCUT2D eigenvalue weighted by Gasteiger charge is 2.25. The zero-order valence-electron chi connectivity index (χ0n) is 13.7. The van der Waals surface area contributed by atoms with Gasteiger partial charge < -0.3 is 14.8 Å². The van der Waals surface area contributed by atoms with E-state index in [0.29, 0.717) is 15.8 Å². The van der Waals surface area contributed by atoms with Crippen LogP contribution in [0.3, 0.4) is 0 Å². The van der Waals surface area contributed by atoms with Crippen LogP contribution in [0.2, 0.25) is 0 Å². The first kappa shape index (κ1) is 17.8. The second-order valence-corrected chi connectivity index (χ2v) is 6.70. The van der Waals surface area contributed by atoms with E-state index in [-0.39, 0.29) is 29.8 Å². The molecule has 1 fully saturated rings. The van der Waals surface area contributed by atoms with Crippen LogP contribution in [0.1, 0.15) is 30.1 Å². The monoisotopic (exact) mass is 408 g/mol. The zero-order chi connectivity index (χ0) is 17.8. The molecule has 132 valence electrons. The maximum atomic E-state index is 13.2. The number of hydrogen-bond acceptors (Lipinski definition) is 4. The third-order valence-corrected chi connectivity index (χ3v) is 4.62. The van der Waals surface area contributed by atoms with Crippen molar-refractivity contribution in [2.45, 2.75) is 31.9 Å². The van der Waals surface area contributed by atoms with Crippen LogP contribution in [0, 0.1) is 5.82 Å². The molecule has 5 nitrogen and oxygen atoms in total. The van der Waals surface area contributed by atoms with Crippen molar-refractivity contribution >= 4 is 21.8 Å². The molecule has 1 saturated heterocycles. The summed E-state index contributed by atoms with van der Waals surface area (Å²) < 4.78 is 25.0. The molecule has 0 spiro atoms. The van der Waals surface area contributed by atoms with E-state index in [1.807, 2.05) is 6.92 Å². The first-order valence-electron chi connectivity index (χ1n) is 8.05. The number of aromatic nitrogens is 1. The first-order valence-corrected chi connectivity index (χ1v) is 8.84. The van der Waals surface area contributed by atoms with Gasteiger partial charge in [0.25, 0.3) is 5.91 Å². The van der Waals surface area contributed by atoms with E-state index in [4.69, 9.17) is 9.47 Å². The van der Waals surface area contributed by atoms with Crippen LogP contribution in [0.25, 0.3) is 0 Å². The number of amides is 1. The minimum atomic E-state index is -0.386. The Morgan fingerprint density at radius 1 is 1.48 bits per heavy atom. The van der Waals surface area contributed by atoms with E-state index in [2.05, 4.69) is 26.2 Å². The number of ether oxygens (including phenoxy) is 2. The smallest absolute Gasteiger partial charge is 0.257 e. The van der Waals surface area contributed by atoms with Crippen molar-refractivity contribution in [2.24, 2.45) is 0 Å². The summed E-state index contributed by atoms with van der Waals surface area (Å²) in [4.78, 5) is 16.7. The maximum absolute atomic E-state index is 13.2. The average molecular weight is 409 g/mol. The standard InChI is InChI=1S/C18H18BrFN2O3/c1-11(15-5-3-9-24-15)22-17(23)13-4-2-8-21-18(13)25-16-7-6-12(20)10-14(16)19/h2,4,6-8,10-11,15H,3,5,9H2,1H3,(H,22,23)/t11-,15-/m1/s1. The Labute approximate surface area is 153 Å². The van der Waals surface area contributed by atoms with Crippen LogP contribution >= 0.6 is 15.9 Å². The Balaban J connectivity index is 1.76. The van der Waals surface area contributed by atoms with E-state index >= 15 is 0 Å². The Bertz CT molecular complexity index is 766. The number of halogens is 2. The maximum Gasteiger partial charge on any atom is 0.257 e. The summed E-state index contributed by atoms with van der Waals surface area (Å²) in [6, 6.07) is 7.24. The van der Waals surface area contributed by atoms with E-state index in [9.17, 15) is 9.18 Å². The minimum absolute atomic E-state index is 0.0243. The van der Waals surface area contributed by atoms with E-state index < -0.39 is 0 Å². The topological polar surface area (TPSA) is 60.5 Å². The third kappa shape index (κ3) is 4.35. The lowest BCUT2D eigenvalue weighted by molar-refractivity contribution is 0.0710.